The lowest BCUT2D eigenvalue weighted by atomic mass is 10.1. The van der Waals surface area contributed by atoms with Gasteiger partial charge in [-0.25, -0.2) is 4.98 Å². The molecule has 0 aliphatic heterocycles. The molecule has 0 saturated carbocycles. The molecule has 0 bridgehead atoms. The van der Waals surface area contributed by atoms with Gasteiger partial charge >= 0.3 is 0 Å². The fraction of sp³-hybridized carbons (Fsp3) is 0.389. The van der Waals surface area contributed by atoms with E-state index in [0.717, 1.165) is 5.69 Å². The Balaban J connectivity index is 2.11. The molecule has 3 rings (SSSR count). The number of benzene rings is 1. The zero-order valence-electron chi connectivity index (χ0n) is 15.4. The fourth-order valence-corrected chi connectivity index (χ4v) is 2.72. The Kier molecular flexibility index (Phi) is 4.83. The Morgan fingerprint density at radius 1 is 1.12 bits per heavy atom. The van der Waals surface area contributed by atoms with Crippen LogP contribution in [-0.4, -0.2) is 36.0 Å². The maximum absolute atomic E-state index is 12.9. The molecule has 2 aromatic heterocycles. The SMILES string of the molecule is COc1cc2c(=O)n(Cc3cc(C(C)C)no3)cnc2c(OC)c1OC. The van der Waals surface area contributed by atoms with Gasteiger partial charge in [-0.05, 0) is 12.0 Å². The first-order chi connectivity index (χ1) is 12.5. The van der Waals surface area contributed by atoms with Crippen LogP contribution in [0.25, 0.3) is 10.9 Å². The molecule has 0 aliphatic carbocycles. The normalized spacial score (nSPS) is 11.2. The molecule has 0 unspecified atom stereocenters. The van der Waals surface area contributed by atoms with Crippen molar-refractivity contribution in [2.24, 2.45) is 0 Å². The molecule has 8 heteroatoms. The van der Waals surface area contributed by atoms with E-state index in [-0.39, 0.29) is 18.0 Å². The highest BCUT2D eigenvalue weighted by molar-refractivity contribution is 5.89. The molecule has 0 N–H and O–H groups in total. The van der Waals surface area contributed by atoms with Gasteiger partial charge in [-0.15, -0.1) is 0 Å². The third-order valence-corrected chi connectivity index (χ3v) is 4.12. The van der Waals surface area contributed by atoms with Gasteiger partial charge < -0.3 is 18.7 Å². The minimum atomic E-state index is -0.239. The zero-order chi connectivity index (χ0) is 18.8. The van der Waals surface area contributed by atoms with Crippen LogP contribution >= 0.6 is 0 Å². The lowest BCUT2D eigenvalue weighted by Crippen LogP contribution is -2.21. The van der Waals surface area contributed by atoms with Gasteiger partial charge in [-0.3, -0.25) is 9.36 Å². The van der Waals surface area contributed by atoms with E-state index in [1.807, 2.05) is 19.9 Å². The second kappa shape index (κ2) is 7.07. The average Bonchev–Trinajstić information content (AvgIpc) is 3.11. The standard InChI is InChI=1S/C18H21N3O5/c1-10(2)13-6-11(26-20-13)8-21-9-19-15-12(18(21)22)7-14(23-3)16(24-4)17(15)25-5/h6-7,9-10H,8H2,1-5H3. The summed E-state index contributed by atoms with van der Waals surface area (Å²) in [5.41, 5.74) is 1.01. The van der Waals surface area contributed by atoms with Crippen LogP contribution in [0.3, 0.4) is 0 Å². The molecule has 0 atom stereocenters. The maximum atomic E-state index is 12.9. The summed E-state index contributed by atoms with van der Waals surface area (Å²) in [5.74, 6) is 1.98. The minimum Gasteiger partial charge on any atom is -0.493 e. The number of nitrogens with zero attached hydrogens (tertiary/aromatic N) is 3. The van der Waals surface area contributed by atoms with Crippen molar-refractivity contribution in [3.63, 3.8) is 0 Å². The molecule has 0 fully saturated rings. The fourth-order valence-electron chi connectivity index (χ4n) is 2.72. The monoisotopic (exact) mass is 359 g/mol. The predicted octanol–water partition coefficient (Wildman–Crippen LogP) is 2.58. The lowest BCUT2D eigenvalue weighted by Gasteiger charge is -2.14. The highest BCUT2D eigenvalue weighted by atomic mass is 16.5. The Bertz CT molecular complexity index is 990. The molecule has 8 nitrogen and oxygen atoms in total. The lowest BCUT2D eigenvalue weighted by molar-refractivity contribution is 0.326. The molecule has 0 saturated heterocycles. The van der Waals surface area contributed by atoms with Crippen molar-refractivity contribution in [3.05, 3.63) is 40.3 Å². The Hall–Kier alpha value is -3.03. The largest absolute Gasteiger partial charge is 0.493 e. The van der Waals surface area contributed by atoms with Crippen LogP contribution in [0.4, 0.5) is 0 Å². The quantitative estimate of drug-likeness (QED) is 0.668. The van der Waals surface area contributed by atoms with E-state index >= 15 is 0 Å². The molecule has 1 aromatic carbocycles. The Labute approximate surface area is 150 Å². The van der Waals surface area contributed by atoms with Crippen LogP contribution in [0, 0.1) is 0 Å². The van der Waals surface area contributed by atoms with E-state index in [9.17, 15) is 4.79 Å². The number of hydrogen-bond acceptors (Lipinski definition) is 7. The number of hydrogen-bond donors (Lipinski definition) is 0. The highest BCUT2D eigenvalue weighted by Crippen LogP contribution is 2.41. The summed E-state index contributed by atoms with van der Waals surface area (Å²) in [6.07, 6.45) is 1.46. The first-order valence-electron chi connectivity index (χ1n) is 8.13. The van der Waals surface area contributed by atoms with Crippen LogP contribution in [0.5, 0.6) is 17.2 Å². The third-order valence-electron chi connectivity index (χ3n) is 4.12. The van der Waals surface area contributed by atoms with Crippen molar-refractivity contribution in [2.75, 3.05) is 21.3 Å². The van der Waals surface area contributed by atoms with Crippen LogP contribution in [-0.2, 0) is 6.54 Å². The van der Waals surface area contributed by atoms with Gasteiger partial charge in [0.2, 0.25) is 5.75 Å². The van der Waals surface area contributed by atoms with Crippen molar-refractivity contribution < 1.29 is 18.7 Å². The number of rotatable bonds is 6. The third kappa shape index (κ3) is 2.98. The van der Waals surface area contributed by atoms with Crippen molar-refractivity contribution in [1.29, 1.82) is 0 Å². The van der Waals surface area contributed by atoms with E-state index in [1.165, 1.54) is 32.2 Å². The smallest absolute Gasteiger partial charge is 0.261 e. The van der Waals surface area contributed by atoms with E-state index in [2.05, 4.69) is 10.1 Å². The van der Waals surface area contributed by atoms with Crippen molar-refractivity contribution >= 4 is 10.9 Å². The van der Waals surface area contributed by atoms with Crippen LogP contribution < -0.4 is 19.8 Å². The van der Waals surface area contributed by atoms with Crippen LogP contribution in [0.1, 0.15) is 31.2 Å². The first kappa shape index (κ1) is 17.8. The molecular formula is C18H21N3O5. The van der Waals surface area contributed by atoms with Gasteiger partial charge in [0.05, 0.1) is 45.3 Å². The van der Waals surface area contributed by atoms with Gasteiger partial charge in [-0.1, -0.05) is 19.0 Å². The van der Waals surface area contributed by atoms with Gasteiger partial charge in [0.1, 0.15) is 5.52 Å². The molecule has 0 amide bonds. The van der Waals surface area contributed by atoms with Gasteiger partial charge in [0.15, 0.2) is 17.3 Å². The van der Waals surface area contributed by atoms with Crippen LogP contribution in [0.2, 0.25) is 0 Å². The Morgan fingerprint density at radius 3 is 2.42 bits per heavy atom. The topological polar surface area (TPSA) is 88.6 Å². The van der Waals surface area contributed by atoms with Gasteiger partial charge in [-0.2, -0.15) is 0 Å². The summed E-state index contributed by atoms with van der Waals surface area (Å²) in [6, 6.07) is 3.44. The average molecular weight is 359 g/mol. The molecule has 0 spiro atoms. The van der Waals surface area contributed by atoms with Crippen LogP contribution in [0.15, 0.2) is 27.8 Å². The predicted molar refractivity (Wildman–Crippen MR) is 95.4 cm³/mol. The summed E-state index contributed by atoms with van der Waals surface area (Å²) in [7, 11) is 4.50. The van der Waals surface area contributed by atoms with E-state index in [1.54, 1.807) is 6.07 Å². The molecule has 3 aromatic rings. The number of ether oxygens (including phenoxy) is 3. The highest BCUT2D eigenvalue weighted by Gasteiger charge is 2.20. The first-order valence-corrected chi connectivity index (χ1v) is 8.13. The van der Waals surface area contributed by atoms with E-state index in [0.29, 0.717) is 33.9 Å². The summed E-state index contributed by atoms with van der Waals surface area (Å²) in [4.78, 5) is 17.3. The molecule has 26 heavy (non-hydrogen) atoms. The molecule has 138 valence electrons. The Morgan fingerprint density at radius 2 is 1.85 bits per heavy atom. The summed E-state index contributed by atoms with van der Waals surface area (Å²) in [5, 5.41) is 4.38. The maximum Gasteiger partial charge on any atom is 0.261 e. The molecular weight excluding hydrogens is 338 g/mol. The summed E-state index contributed by atoms with van der Waals surface area (Å²) in [6.45, 7) is 4.28. The second-order valence-electron chi connectivity index (χ2n) is 6.09. The van der Waals surface area contributed by atoms with Gasteiger partial charge in [0.25, 0.3) is 5.56 Å². The summed E-state index contributed by atoms with van der Waals surface area (Å²) >= 11 is 0. The molecule has 0 radical (unpaired) electrons. The van der Waals surface area contributed by atoms with E-state index in [4.69, 9.17) is 18.7 Å². The second-order valence-corrected chi connectivity index (χ2v) is 6.09. The van der Waals surface area contributed by atoms with Gasteiger partial charge in [0, 0.05) is 6.07 Å². The number of fused-ring (bicyclic) bond motifs is 1. The van der Waals surface area contributed by atoms with Crippen molar-refractivity contribution in [1.82, 2.24) is 14.7 Å². The van der Waals surface area contributed by atoms with E-state index < -0.39 is 0 Å². The van der Waals surface area contributed by atoms with Crippen molar-refractivity contribution in [2.45, 2.75) is 26.3 Å². The number of aromatic nitrogens is 3. The zero-order valence-corrected chi connectivity index (χ0v) is 15.4. The summed E-state index contributed by atoms with van der Waals surface area (Å²) < 4.78 is 22.8. The van der Waals surface area contributed by atoms with Crippen molar-refractivity contribution in [3.8, 4) is 17.2 Å². The minimum absolute atomic E-state index is 0.234. The molecule has 0 aliphatic rings. The molecule has 2 heterocycles. The number of methoxy groups -OCH3 is 3.